The van der Waals surface area contributed by atoms with Crippen molar-refractivity contribution in [3.63, 3.8) is 0 Å². The summed E-state index contributed by atoms with van der Waals surface area (Å²) in [4.78, 5) is 30.2. The molecule has 0 bridgehead atoms. The second kappa shape index (κ2) is 8.28. The van der Waals surface area contributed by atoms with Crippen LogP contribution in [0.2, 0.25) is 0 Å². The standard InChI is InChI=1S/C24H19NO2S/c26-21(18-11-5-2-6-12-18)15-19(17-9-3-1-4-10-17)16-22(27)24-25-20-13-7-8-14-23(20)28-24/h1-14,19H,15-16H2. The summed E-state index contributed by atoms with van der Waals surface area (Å²) in [6.07, 6.45) is 0.563. The third-order valence-electron chi connectivity index (χ3n) is 4.76. The van der Waals surface area contributed by atoms with Crippen LogP contribution in [0.25, 0.3) is 10.2 Å². The maximum Gasteiger partial charge on any atom is 0.192 e. The van der Waals surface area contributed by atoms with Gasteiger partial charge < -0.3 is 0 Å². The molecule has 0 aliphatic carbocycles. The van der Waals surface area contributed by atoms with E-state index >= 15 is 0 Å². The van der Waals surface area contributed by atoms with Crippen LogP contribution in [0.4, 0.5) is 0 Å². The zero-order valence-corrected chi connectivity index (χ0v) is 16.1. The second-order valence-corrected chi connectivity index (χ2v) is 7.75. The van der Waals surface area contributed by atoms with Crippen LogP contribution in [-0.4, -0.2) is 16.6 Å². The smallest absolute Gasteiger partial charge is 0.192 e. The van der Waals surface area contributed by atoms with Crippen LogP contribution >= 0.6 is 11.3 Å². The Morgan fingerprint density at radius 2 is 1.36 bits per heavy atom. The van der Waals surface area contributed by atoms with E-state index in [9.17, 15) is 9.59 Å². The van der Waals surface area contributed by atoms with Gasteiger partial charge in [-0.15, -0.1) is 11.3 Å². The molecule has 0 fully saturated rings. The molecule has 28 heavy (non-hydrogen) atoms. The molecular weight excluding hydrogens is 366 g/mol. The Kier molecular flexibility index (Phi) is 5.40. The van der Waals surface area contributed by atoms with Crippen molar-refractivity contribution in [3.8, 4) is 0 Å². The minimum Gasteiger partial charge on any atom is -0.294 e. The SMILES string of the molecule is O=C(CC(CC(=O)c1nc2ccccc2s1)c1ccccc1)c1ccccc1. The molecule has 0 saturated carbocycles. The molecule has 0 spiro atoms. The van der Waals surface area contributed by atoms with Crippen LogP contribution in [0.5, 0.6) is 0 Å². The molecule has 0 amide bonds. The maximum atomic E-state index is 13.0. The molecule has 0 aliphatic rings. The number of carbonyl (C=O) groups is 2. The van der Waals surface area contributed by atoms with Crippen molar-refractivity contribution >= 4 is 33.1 Å². The number of nitrogens with zero attached hydrogens (tertiary/aromatic N) is 1. The molecular formula is C24H19NO2S. The number of carbonyl (C=O) groups excluding carboxylic acids is 2. The molecule has 1 atom stereocenters. The first-order valence-electron chi connectivity index (χ1n) is 9.22. The van der Waals surface area contributed by atoms with Gasteiger partial charge in [-0.05, 0) is 23.6 Å². The van der Waals surface area contributed by atoms with Gasteiger partial charge in [0, 0.05) is 18.4 Å². The molecule has 0 aliphatic heterocycles. The quantitative estimate of drug-likeness (QED) is 0.371. The number of benzene rings is 3. The summed E-state index contributed by atoms with van der Waals surface area (Å²) in [5.41, 5.74) is 2.52. The minimum atomic E-state index is -0.173. The zero-order chi connectivity index (χ0) is 19.3. The monoisotopic (exact) mass is 385 g/mol. The van der Waals surface area contributed by atoms with E-state index in [1.807, 2.05) is 84.9 Å². The van der Waals surface area contributed by atoms with Crippen LogP contribution in [0, 0.1) is 0 Å². The predicted octanol–water partition coefficient (Wildman–Crippen LogP) is 5.93. The number of thiazole rings is 1. The molecule has 4 rings (SSSR count). The van der Waals surface area contributed by atoms with E-state index in [4.69, 9.17) is 0 Å². The Balaban J connectivity index is 1.58. The Labute approximate surface area is 167 Å². The molecule has 4 aromatic rings. The fraction of sp³-hybridized carbons (Fsp3) is 0.125. The Morgan fingerprint density at radius 1 is 0.750 bits per heavy atom. The fourth-order valence-electron chi connectivity index (χ4n) is 3.30. The molecule has 4 heteroatoms. The van der Waals surface area contributed by atoms with Gasteiger partial charge in [-0.3, -0.25) is 9.59 Å². The van der Waals surface area contributed by atoms with Crippen molar-refractivity contribution in [2.75, 3.05) is 0 Å². The van der Waals surface area contributed by atoms with Crippen LogP contribution in [-0.2, 0) is 0 Å². The molecule has 3 nitrogen and oxygen atoms in total. The summed E-state index contributed by atoms with van der Waals surface area (Å²) in [6.45, 7) is 0. The summed E-state index contributed by atoms with van der Waals surface area (Å²) in [5.74, 6) is -0.143. The van der Waals surface area contributed by atoms with E-state index in [-0.39, 0.29) is 23.9 Å². The summed E-state index contributed by atoms with van der Waals surface area (Å²) in [5, 5.41) is 0.509. The zero-order valence-electron chi connectivity index (χ0n) is 15.2. The van der Waals surface area contributed by atoms with Gasteiger partial charge >= 0.3 is 0 Å². The average molecular weight is 385 g/mol. The van der Waals surface area contributed by atoms with Crippen LogP contribution in [0.15, 0.2) is 84.9 Å². The average Bonchev–Trinajstić information content (AvgIpc) is 3.19. The molecule has 1 aromatic heterocycles. The van der Waals surface area contributed by atoms with Gasteiger partial charge in [-0.25, -0.2) is 4.98 Å². The van der Waals surface area contributed by atoms with Crippen molar-refractivity contribution in [2.45, 2.75) is 18.8 Å². The molecule has 138 valence electrons. The predicted molar refractivity (Wildman–Crippen MR) is 113 cm³/mol. The number of fused-ring (bicyclic) bond motifs is 1. The summed E-state index contributed by atoms with van der Waals surface area (Å²) >= 11 is 1.41. The lowest BCUT2D eigenvalue weighted by molar-refractivity contribution is 0.0944. The van der Waals surface area contributed by atoms with E-state index in [0.717, 1.165) is 15.8 Å². The number of ketones is 2. The van der Waals surface area contributed by atoms with Gasteiger partial charge in [0.2, 0.25) is 0 Å². The van der Waals surface area contributed by atoms with E-state index < -0.39 is 0 Å². The highest BCUT2D eigenvalue weighted by atomic mass is 32.1. The van der Waals surface area contributed by atoms with Crippen LogP contribution < -0.4 is 0 Å². The highest BCUT2D eigenvalue weighted by Crippen LogP contribution is 2.29. The van der Waals surface area contributed by atoms with Gasteiger partial charge in [-0.1, -0.05) is 72.8 Å². The van der Waals surface area contributed by atoms with Crippen molar-refractivity contribution in [2.24, 2.45) is 0 Å². The van der Waals surface area contributed by atoms with Crippen molar-refractivity contribution in [1.29, 1.82) is 0 Å². The highest BCUT2D eigenvalue weighted by Gasteiger charge is 2.23. The summed E-state index contributed by atoms with van der Waals surface area (Å²) < 4.78 is 1.00. The lowest BCUT2D eigenvalue weighted by atomic mass is 9.87. The van der Waals surface area contributed by atoms with Crippen LogP contribution in [0.3, 0.4) is 0 Å². The normalized spacial score (nSPS) is 12.0. The van der Waals surface area contributed by atoms with Gasteiger partial charge in [0.15, 0.2) is 16.6 Å². The third-order valence-corrected chi connectivity index (χ3v) is 5.84. The van der Waals surface area contributed by atoms with Gasteiger partial charge in [0.05, 0.1) is 10.2 Å². The van der Waals surface area contributed by atoms with E-state index in [0.29, 0.717) is 17.0 Å². The van der Waals surface area contributed by atoms with Crippen molar-refractivity contribution < 1.29 is 9.59 Å². The Morgan fingerprint density at radius 3 is 2.07 bits per heavy atom. The number of aromatic nitrogens is 1. The number of hydrogen-bond acceptors (Lipinski definition) is 4. The Hall–Kier alpha value is -3.11. The number of para-hydroxylation sites is 1. The van der Waals surface area contributed by atoms with Gasteiger partial charge in [0.25, 0.3) is 0 Å². The molecule has 1 heterocycles. The maximum absolute atomic E-state index is 13.0. The van der Waals surface area contributed by atoms with Crippen molar-refractivity contribution in [3.05, 3.63) is 101 Å². The fourth-order valence-corrected chi connectivity index (χ4v) is 4.22. The molecule has 1 unspecified atom stereocenters. The highest BCUT2D eigenvalue weighted by molar-refractivity contribution is 7.20. The summed E-state index contributed by atoms with van der Waals surface area (Å²) in [6, 6.07) is 26.8. The molecule has 3 aromatic carbocycles. The lowest BCUT2D eigenvalue weighted by Gasteiger charge is -2.15. The first-order chi connectivity index (χ1) is 13.7. The minimum absolute atomic E-state index is 0.0177. The topological polar surface area (TPSA) is 47.0 Å². The molecule has 0 saturated heterocycles. The van der Waals surface area contributed by atoms with E-state index in [2.05, 4.69) is 4.98 Å². The third kappa shape index (κ3) is 4.07. The number of hydrogen-bond donors (Lipinski definition) is 0. The van der Waals surface area contributed by atoms with Gasteiger partial charge in [0.1, 0.15) is 0 Å². The first-order valence-corrected chi connectivity index (χ1v) is 10.0. The summed E-state index contributed by atoms with van der Waals surface area (Å²) in [7, 11) is 0. The lowest BCUT2D eigenvalue weighted by Crippen LogP contribution is -2.12. The second-order valence-electron chi connectivity index (χ2n) is 6.71. The van der Waals surface area contributed by atoms with Gasteiger partial charge in [-0.2, -0.15) is 0 Å². The largest absolute Gasteiger partial charge is 0.294 e. The first kappa shape index (κ1) is 18.3. The number of rotatable bonds is 7. The van der Waals surface area contributed by atoms with E-state index in [1.165, 1.54) is 11.3 Å². The number of Topliss-reactive ketones (excluding diaryl/α,β-unsaturated/α-hetero) is 2. The molecule has 0 radical (unpaired) electrons. The Bertz CT molecular complexity index is 1070. The van der Waals surface area contributed by atoms with E-state index in [1.54, 1.807) is 0 Å². The molecule has 0 N–H and O–H groups in total. The van der Waals surface area contributed by atoms with Crippen molar-refractivity contribution in [1.82, 2.24) is 4.98 Å². The van der Waals surface area contributed by atoms with Crippen LogP contribution in [0.1, 0.15) is 44.5 Å².